The van der Waals surface area contributed by atoms with Gasteiger partial charge in [-0.25, -0.2) is 0 Å². The van der Waals surface area contributed by atoms with Crippen LogP contribution in [0.25, 0.3) is 0 Å². The van der Waals surface area contributed by atoms with Crippen LogP contribution in [-0.2, 0) is 0 Å². The summed E-state index contributed by atoms with van der Waals surface area (Å²) in [5.41, 5.74) is 5.84. The Bertz CT molecular complexity index is 312. The molecule has 2 rings (SSSR count). The van der Waals surface area contributed by atoms with Crippen molar-refractivity contribution in [3.8, 4) is 0 Å². The van der Waals surface area contributed by atoms with Crippen molar-refractivity contribution >= 4 is 17.2 Å². The summed E-state index contributed by atoms with van der Waals surface area (Å²) in [6.45, 7) is 6.91. The molecular formula is C16H30N2S. The maximum atomic E-state index is 5.81. The standard InChI is InChI=1S/C16H30N2S/c1-16(2,15(17)19)10-6-12-18-11-5-8-13-7-3-4-9-14(13)18/h13-14H,3-12H2,1-2H3,(H2,17,19). The maximum absolute atomic E-state index is 5.81. The van der Waals surface area contributed by atoms with Crippen LogP contribution in [0.15, 0.2) is 0 Å². The summed E-state index contributed by atoms with van der Waals surface area (Å²) in [4.78, 5) is 3.44. The first-order valence-electron chi connectivity index (χ1n) is 8.05. The third kappa shape index (κ3) is 3.91. The molecule has 2 aliphatic rings. The molecule has 0 aromatic carbocycles. The molecule has 1 saturated carbocycles. The number of thiocarbonyl (C=S) groups is 1. The SMILES string of the molecule is CC(C)(CCCN1CCCC2CCCCC21)C(N)=S. The van der Waals surface area contributed by atoms with Crippen molar-refractivity contribution in [1.82, 2.24) is 4.90 Å². The summed E-state index contributed by atoms with van der Waals surface area (Å²) < 4.78 is 0. The van der Waals surface area contributed by atoms with Crippen molar-refractivity contribution in [3.05, 3.63) is 0 Å². The summed E-state index contributed by atoms with van der Waals surface area (Å²) in [7, 11) is 0. The van der Waals surface area contributed by atoms with Gasteiger partial charge < -0.3 is 10.6 Å². The molecule has 3 heteroatoms. The van der Waals surface area contributed by atoms with E-state index in [9.17, 15) is 0 Å². The monoisotopic (exact) mass is 282 g/mol. The molecule has 1 saturated heterocycles. The average Bonchev–Trinajstić information content (AvgIpc) is 2.38. The fourth-order valence-corrected chi connectivity index (χ4v) is 3.95. The van der Waals surface area contributed by atoms with E-state index in [-0.39, 0.29) is 5.41 Å². The lowest BCUT2D eigenvalue weighted by atomic mass is 9.78. The smallest absolute Gasteiger partial charge is 0.0784 e. The maximum Gasteiger partial charge on any atom is 0.0784 e. The summed E-state index contributed by atoms with van der Waals surface area (Å²) >= 11 is 5.16. The fourth-order valence-electron chi connectivity index (χ4n) is 3.85. The van der Waals surface area contributed by atoms with Crippen LogP contribution in [0.2, 0.25) is 0 Å². The molecule has 19 heavy (non-hydrogen) atoms. The normalized spacial score (nSPS) is 28.9. The van der Waals surface area contributed by atoms with E-state index in [1.165, 1.54) is 58.0 Å². The summed E-state index contributed by atoms with van der Waals surface area (Å²) in [5, 5.41) is 0. The van der Waals surface area contributed by atoms with Gasteiger partial charge in [-0.1, -0.05) is 38.9 Å². The number of piperidine rings is 1. The highest BCUT2D eigenvalue weighted by atomic mass is 32.1. The Kier molecular flexibility index (Phi) is 5.24. The summed E-state index contributed by atoms with van der Waals surface area (Å²) in [6.07, 6.45) is 11.0. The second-order valence-corrected chi connectivity index (χ2v) is 7.58. The van der Waals surface area contributed by atoms with Crippen molar-refractivity contribution < 1.29 is 0 Å². The molecule has 1 heterocycles. The molecule has 0 spiro atoms. The van der Waals surface area contributed by atoms with Gasteiger partial charge in [0.2, 0.25) is 0 Å². The third-order valence-electron chi connectivity index (χ3n) is 5.27. The van der Waals surface area contributed by atoms with Gasteiger partial charge in [-0.05, 0) is 57.5 Å². The highest BCUT2D eigenvalue weighted by molar-refractivity contribution is 7.80. The van der Waals surface area contributed by atoms with E-state index >= 15 is 0 Å². The van der Waals surface area contributed by atoms with E-state index in [1.54, 1.807) is 0 Å². The van der Waals surface area contributed by atoms with Crippen molar-refractivity contribution in [2.75, 3.05) is 13.1 Å². The van der Waals surface area contributed by atoms with Crippen LogP contribution >= 0.6 is 12.2 Å². The number of nitrogens with zero attached hydrogens (tertiary/aromatic N) is 1. The number of rotatable bonds is 5. The molecule has 2 fully saturated rings. The quantitative estimate of drug-likeness (QED) is 0.779. The van der Waals surface area contributed by atoms with E-state index in [0.29, 0.717) is 4.99 Å². The van der Waals surface area contributed by atoms with Gasteiger partial charge in [0.1, 0.15) is 0 Å². The molecule has 2 atom stereocenters. The molecule has 0 amide bonds. The third-order valence-corrected chi connectivity index (χ3v) is 5.82. The molecule has 0 aromatic heterocycles. The lowest BCUT2D eigenvalue weighted by Gasteiger charge is -2.44. The molecule has 0 radical (unpaired) electrons. The van der Waals surface area contributed by atoms with Crippen LogP contribution in [0.3, 0.4) is 0 Å². The van der Waals surface area contributed by atoms with Crippen molar-refractivity contribution in [3.63, 3.8) is 0 Å². The first-order valence-corrected chi connectivity index (χ1v) is 8.45. The van der Waals surface area contributed by atoms with E-state index < -0.39 is 0 Å². The number of hydrogen-bond acceptors (Lipinski definition) is 2. The second kappa shape index (κ2) is 6.53. The summed E-state index contributed by atoms with van der Waals surface area (Å²) in [6, 6.07) is 0.885. The average molecular weight is 282 g/mol. The Morgan fingerprint density at radius 3 is 2.63 bits per heavy atom. The van der Waals surface area contributed by atoms with E-state index in [0.717, 1.165) is 18.4 Å². The van der Waals surface area contributed by atoms with Gasteiger partial charge in [0.25, 0.3) is 0 Å². The van der Waals surface area contributed by atoms with Crippen LogP contribution in [-0.4, -0.2) is 29.0 Å². The van der Waals surface area contributed by atoms with Gasteiger partial charge in [-0.15, -0.1) is 0 Å². The minimum Gasteiger partial charge on any atom is -0.393 e. The lowest BCUT2D eigenvalue weighted by molar-refractivity contribution is 0.0583. The fraction of sp³-hybridized carbons (Fsp3) is 0.938. The minimum atomic E-state index is 0.0249. The van der Waals surface area contributed by atoms with Gasteiger partial charge in [-0.3, -0.25) is 0 Å². The van der Waals surface area contributed by atoms with Crippen molar-refractivity contribution in [2.24, 2.45) is 17.1 Å². The van der Waals surface area contributed by atoms with E-state index in [4.69, 9.17) is 18.0 Å². The Hall–Kier alpha value is -0.150. The Morgan fingerprint density at radius 2 is 1.89 bits per heavy atom. The predicted octanol–water partition coefficient (Wildman–Crippen LogP) is 3.73. The van der Waals surface area contributed by atoms with Crippen LogP contribution in [0.5, 0.6) is 0 Å². The lowest BCUT2D eigenvalue weighted by Crippen LogP contribution is -2.47. The van der Waals surface area contributed by atoms with E-state index in [2.05, 4.69) is 18.7 Å². The number of nitrogens with two attached hydrogens (primary N) is 1. The molecule has 2 nitrogen and oxygen atoms in total. The largest absolute Gasteiger partial charge is 0.393 e. The molecule has 2 N–H and O–H groups in total. The van der Waals surface area contributed by atoms with Crippen LogP contribution < -0.4 is 5.73 Å². The molecule has 0 aromatic rings. The van der Waals surface area contributed by atoms with Gasteiger partial charge in [0, 0.05) is 11.5 Å². The topological polar surface area (TPSA) is 29.3 Å². The minimum absolute atomic E-state index is 0.0249. The summed E-state index contributed by atoms with van der Waals surface area (Å²) in [5.74, 6) is 0.992. The Balaban J connectivity index is 1.80. The van der Waals surface area contributed by atoms with Gasteiger partial charge in [-0.2, -0.15) is 0 Å². The zero-order valence-electron chi connectivity index (χ0n) is 12.7. The van der Waals surface area contributed by atoms with Gasteiger partial charge in [0.15, 0.2) is 0 Å². The second-order valence-electron chi connectivity index (χ2n) is 7.14. The number of hydrogen-bond donors (Lipinski definition) is 1. The Labute approximate surface area is 124 Å². The molecule has 110 valence electrons. The van der Waals surface area contributed by atoms with Gasteiger partial charge in [0.05, 0.1) is 4.99 Å². The zero-order valence-corrected chi connectivity index (χ0v) is 13.5. The number of likely N-dealkylation sites (tertiary alicyclic amines) is 1. The van der Waals surface area contributed by atoms with Crippen molar-refractivity contribution in [2.45, 2.75) is 71.3 Å². The number of fused-ring (bicyclic) bond motifs is 1. The molecular weight excluding hydrogens is 252 g/mol. The molecule has 2 unspecified atom stereocenters. The highest BCUT2D eigenvalue weighted by Gasteiger charge is 2.33. The van der Waals surface area contributed by atoms with Crippen molar-refractivity contribution in [1.29, 1.82) is 0 Å². The van der Waals surface area contributed by atoms with Gasteiger partial charge >= 0.3 is 0 Å². The first-order chi connectivity index (χ1) is 9.00. The zero-order chi connectivity index (χ0) is 13.9. The van der Waals surface area contributed by atoms with Crippen LogP contribution in [0.1, 0.15) is 65.2 Å². The van der Waals surface area contributed by atoms with Crippen LogP contribution in [0, 0.1) is 11.3 Å². The first kappa shape index (κ1) is 15.2. The predicted molar refractivity (Wildman–Crippen MR) is 86.4 cm³/mol. The molecule has 0 bridgehead atoms. The van der Waals surface area contributed by atoms with E-state index in [1.807, 2.05) is 0 Å². The highest BCUT2D eigenvalue weighted by Crippen LogP contribution is 2.35. The van der Waals surface area contributed by atoms with Crippen LogP contribution in [0.4, 0.5) is 0 Å². The molecule has 1 aliphatic carbocycles. The molecule has 1 aliphatic heterocycles. The Morgan fingerprint density at radius 1 is 1.21 bits per heavy atom.